The number of imidazole rings is 2. The molecule has 0 spiro atoms. The van der Waals surface area contributed by atoms with Crippen molar-refractivity contribution in [1.29, 1.82) is 0 Å². The number of aromatic nitrogens is 6. The van der Waals surface area contributed by atoms with E-state index < -0.39 is 11.2 Å². The largest absolute Gasteiger partial charge is 0.340 e. The van der Waals surface area contributed by atoms with Crippen LogP contribution >= 0.6 is 0 Å². The minimum Gasteiger partial charge on any atom is -0.340 e. The molecular formula is C10H10N6O2. The molecule has 0 saturated heterocycles. The minimum absolute atomic E-state index is 0.262. The zero-order chi connectivity index (χ0) is 12.9. The van der Waals surface area contributed by atoms with Crippen LogP contribution in [0.25, 0.3) is 22.7 Å². The third kappa shape index (κ3) is 1.39. The third-order valence-electron chi connectivity index (χ3n) is 2.70. The predicted octanol–water partition coefficient (Wildman–Crippen LogP) is -0.650. The van der Waals surface area contributed by atoms with Crippen LogP contribution in [-0.2, 0) is 14.1 Å². The summed E-state index contributed by atoms with van der Waals surface area (Å²) in [6, 6.07) is 0. The second-order valence-electron chi connectivity index (χ2n) is 4.03. The van der Waals surface area contributed by atoms with E-state index in [0.29, 0.717) is 17.2 Å². The summed E-state index contributed by atoms with van der Waals surface area (Å²) in [5.74, 6) is 0.456. The lowest BCUT2D eigenvalue weighted by Gasteiger charge is -1.94. The van der Waals surface area contributed by atoms with Gasteiger partial charge in [-0.25, -0.2) is 14.8 Å². The van der Waals surface area contributed by atoms with Crippen LogP contribution in [0.15, 0.2) is 22.1 Å². The van der Waals surface area contributed by atoms with E-state index in [2.05, 4.69) is 19.9 Å². The van der Waals surface area contributed by atoms with Crippen molar-refractivity contribution in [3.63, 3.8) is 0 Å². The van der Waals surface area contributed by atoms with Gasteiger partial charge < -0.3 is 9.55 Å². The first kappa shape index (κ1) is 10.5. The molecule has 3 aromatic rings. The SMILES string of the molecule is Cn1cnc(-c2nc3c([nH]2)c(=O)[nH]c(=O)n3C)c1. The van der Waals surface area contributed by atoms with E-state index in [-0.39, 0.29) is 5.52 Å². The van der Waals surface area contributed by atoms with E-state index in [4.69, 9.17) is 0 Å². The lowest BCUT2D eigenvalue weighted by molar-refractivity contribution is 0.832. The number of fused-ring (bicyclic) bond motifs is 1. The van der Waals surface area contributed by atoms with Gasteiger partial charge in [0.25, 0.3) is 5.56 Å². The molecule has 0 unspecified atom stereocenters. The van der Waals surface area contributed by atoms with E-state index in [0.717, 1.165) is 0 Å². The molecule has 0 amide bonds. The highest BCUT2D eigenvalue weighted by atomic mass is 16.2. The van der Waals surface area contributed by atoms with Gasteiger partial charge in [-0.2, -0.15) is 0 Å². The van der Waals surface area contributed by atoms with Crippen LogP contribution < -0.4 is 11.2 Å². The average molecular weight is 246 g/mol. The fourth-order valence-electron chi connectivity index (χ4n) is 1.76. The smallest absolute Gasteiger partial charge is 0.329 e. The molecule has 2 N–H and O–H groups in total. The summed E-state index contributed by atoms with van der Waals surface area (Å²) in [4.78, 5) is 36.5. The maximum atomic E-state index is 11.6. The summed E-state index contributed by atoms with van der Waals surface area (Å²) >= 11 is 0. The molecule has 0 aliphatic rings. The fraction of sp³-hybridized carbons (Fsp3) is 0.200. The topological polar surface area (TPSA) is 101 Å². The molecule has 0 aliphatic heterocycles. The van der Waals surface area contributed by atoms with E-state index in [9.17, 15) is 9.59 Å². The van der Waals surface area contributed by atoms with Gasteiger partial charge in [0.15, 0.2) is 11.5 Å². The summed E-state index contributed by atoms with van der Waals surface area (Å²) in [6.45, 7) is 0. The quantitative estimate of drug-likeness (QED) is 0.595. The van der Waals surface area contributed by atoms with Gasteiger partial charge in [-0.1, -0.05) is 0 Å². The molecule has 3 heterocycles. The monoisotopic (exact) mass is 246 g/mol. The summed E-state index contributed by atoms with van der Waals surface area (Å²) in [6.07, 6.45) is 3.40. The first-order valence-electron chi connectivity index (χ1n) is 5.23. The average Bonchev–Trinajstić information content (AvgIpc) is 2.92. The highest BCUT2D eigenvalue weighted by molar-refractivity contribution is 5.74. The van der Waals surface area contributed by atoms with Crippen molar-refractivity contribution in [3.8, 4) is 11.5 Å². The summed E-state index contributed by atoms with van der Waals surface area (Å²) in [7, 11) is 3.38. The Kier molecular flexibility index (Phi) is 2.00. The van der Waals surface area contributed by atoms with Crippen molar-refractivity contribution in [2.45, 2.75) is 0 Å². The van der Waals surface area contributed by atoms with Crippen LogP contribution in [0, 0.1) is 0 Å². The highest BCUT2D eigenvalue weighted by Gasteiger charge is 2.13. The molecule has 0 aliphatic carbocycles. The molecule has 0 aromatic carbocycles. The molecule has 0 bridgehead atoms. The van der Waals surface area contributed by atoms with Gasteiger partial charge in [-0.15, -0.1) is 0 Å². The third-order valence-corrected chi connectivity index (χ3v) is 2.70. The van der Waals surface area contributed by atoms with Crippen LogP contribution in [0.3, 0.4) is 0 Å². The molecule has 0 saturated carbocycles. The first-order valence-corrected chi connectivity index (χ1v) is 5.23. The lowest BCUT2D eigenvalue weighted by atomic mass is 10.4. The van der Waals surface area contributed by atoms with Crippen molar-refractivity contribution < 1.29 is 0 Å². The van der Waals surface area contributed by atoms with Crippen molar-refractivity contribution >= 4 is 11.2 Å². The Labute approximate surface area is 99.9 Å². The fourth-order valence-corrected chi connectivity index (χ4v) is 1.76. The zero-order valence-corrected chi connectivity index (χ0v) is 9.76. The molecule has 0 radical (unpaired) electrons. The Bertz CT molecular complexity index is 849. The molecule has 18 heavy (non-hydrogen) atoms. The van der Waals surface area contributed by atoms with E-state index in [1.54, 1.807) is 24.1 Å². The van der Waals surface area contributed by atoms with Crippen molar-refractivity contribution in [2.24, 2.45) is 14.1 Å². The van der Waals surface area contributed by atoms with Gasteiger partial charge in [0.05, 0.1) is 6.33 Å². The molecule has 0 atom stereocenters. The first-order chi connectivity index (χ1) is 8.56. The number of H-pyrrole nitrogens is 2. The maximum Gasteiger partial charge on any atom is 0.329 e. The lowest BCUT2D eigenvalue weighted by Crippen LogP contribution is -2.28. The summed E-state index contributed by atoms with van der Waals surface area (Å²) in [5.41, 5.74) is 0.206. The van der Waals surface area contributed by atoms with E-state index >= 15 is 0 Å². The number of hydrogen-bond donors (Lipinski definition) is 2. The highest BCUT2D eigenvalue weighted by Crippen LogP contribution is 2.14. The van der Waals surface area contributed by atoms with Gasteiger partial charge in [-0.3, -0.25) is 14.3 Å². The second kappa shape index (κ2) is 3.42. The van der Waals surface area contributed by atoms with Gasteiger partial charge in [0.1, 0.15) is 11.2 Å². The molecular weight excluding hydrogens is 236 g/mol. The van der Waals surface area contributed by atoms with Gasteiger partial charge in [0, 0.05) is 20.3 Å². The molecule has 92 valence electrons. The van der Waals surface area contributed by atoms with Crippen LogP contribution in [0.1, 0.15) is 0 Å². The Hall–Kier alpha value is -2.64. The predicted molar refractivity (Wildman–Crippen MR) is 64.2 cm³/mol. The van der Waals surface area contributed by atoms with Crippen LogP contribution in [-0.4, -0.2) is 29.1 Å². The minimum atomic E-state index is -0.494. The second-order valence-corrected chi connectivity index (χ2v) is 4.03. The molecule has 8 nitrogen and oxygen atoms in total. The van der Waals surface area contributed by atoms with Crippen LogP contribution in [0.4, 0.5) is 0 Å². The molecule has 0 fully saturated rings. The molecule has 3 aromatic heterocycles. The van der Waals surface area contributed by atoms with Gasteiger partial charge in [-0.05, 0) is 0 Å². The maximum absolute atomic E-state index is 11.6. The summed E-state index contributed by atoms with van der Waals surface area (Å²) < 4.78 is 3.05. The number of rotatable bonds is 1. The van der Waals surface area contributed by atoms with Gasteiger partial charge in [0.2, 0.25) is 0 Å². The van der Waals surface area contributed by atoms with Crippen LogP contribution in [0.2, 0.25) is 0 Å². The van der Waals surface area contributed by atoms with E-state index in [1.165, 1.54) is 4.57 Å². The Morgan fingerprint density at radius 1 is 1.22 bits per heavy atom. The van der Waals surface area contributed by atoms with Gasteiger partial charge >= 0.3 is 5.69 Å². The Balaban J connectivity index is 2.35. The number of aromatic amines is 2. The van der Waals surface area contributed by atoms with Crippen LogP contribution in [0.5, 0.6) is 0 Å². The molecule has 3 rings (SSSR count). The Morgan fingerprint density at radius 3 is 2.67 bits per heavy atom. The zero-order valence-electron chi connectivity index (χ0n) is 9.76. The standard InChI is InChI=1S/C10H10N6O2/c1-15-3-5(11-4-15)7-12-6-8(13-7)16(2)10(18)14-9(6)17/h3-4H,1-2H3,(H,12,13)(H,14,17,18). The van der Waals surface area contributed by atoms with E-state index in [1.807, 2.05) is 7.05 Å². The molecule has 8 heteroatoms. The number of nitrogens with one attached hydrogen (secondary N) is 2. The Morgan fingerprint density at radius 2 is 2.00 bits per heavy atom. The normalized spacial score (nSPS) is 11.2. The number of aryl methyl sites for hydroxylation is 2. The van der Waals surface area contributed by atoms with Crippen molar-refractivity contribution in [1.82, 2.24) is 29.1 Å². The summed E-state index contributed by atoms with van der Waals surface area (Å²) in [5, 5.41) is 0. The van der Waals surface area contributed by atoms with Crippen molar-refractivity contribution in [3.05, 3.63) is 33.4 Å². The number of hydrogen-bond acceptors (Lipinski definition) is 4. The van der Waals surface area contributed by atoms with Crippen molar-refractivity contribution in [2.75, 3.05) is 0 Å². The number of nitrogens with zero attached hydrogens (tertiary/aromatic N) is 4.